The van der Waals surface area contributed by atoms with Crippen molar-refractivity contribution in [3.8, 4) is 11.8 Å². The minimum Gasteiger partial charge on any atom is -0.417 e. The first kappa shape index (κ1) is 13.9. The second kappa shape index (κ2) is 5.71. The lowest BCUT2D eigenvalue weighted by Crippen LogP contribution is -2.15. The van der Waals surface area contributed by atoms with E-state index < -0.39 is 5.82 Å². The molecule has 0 bridgehead atoms. The molecule has 0 radical (unpaired) electrons. The van der Waals surface area contributed by atoms with E-state index in [1.807, 2.05) is 0 Å². The summed E-state index contributed by atoms with van der Waals surface area (Å²) in [5.41, 5.74) is 0.748. The molecule has 0 saturated heterocycles. The molecule has 1 aromatic carbocycles. The average Bonchev–Trinajstić information content (AvgIpc) is 3.14. The number of aromatic nitrogens is 1. The van der Waals surface area contributed by atoms with Gasteiger partial charge in [0.2, 0.25) is 0 Å². The molecule has 7 heteroatoms. The molecule has 1 aliphatic carbocycles. The summed E-state index contributed by atoms with van der Waals surface area (Å²) in [6.07, 6.45) is 4.00. The van der Waals surface area contributed by atoms with Crippen molar-refractivity contribution in [1.82, 2.24) is 10.3 Å². The number of hydrogen-bond donors (Lipinski definition) is 1. The van der Waals surface area contributed by atoms with Crippen molar-refractivity contribution in [2.45, 2.75) is 25.4 Å². The van der Waals surface area contributed by atoms with E-state index in [0.29, 0.717) is 17.1 Å². The molecule has 1 saturated carbocycles. The normalized spacial score (nSPS) is 14.6. The van der Waals surface area contributed by atoms with Gasteiger partial charge in [-0.05, 0) is 34.8 Å². The number of halogens is 3. The van der Waals surface area contributed by atoms with Crippen molar-refractivity contribution in [3.63, 3.8) is 0 Å². The molecule has 20 heavy (non-hydrogen) atoms. The Kier molecular flexibility index (Phi) is 3.96. The maximum absolute atomic E-state index is 13.4. The number of nitrogens with zero attached hydrogens (tertiary/aromatic N) is 1. The highest BCUT2D eigenvalue weighted by molar-refractivity contribution is 9.10. The maximum atomic E-state index is 13.4. The Labute approximate surface area is 128 Å². The van der Waals surface area contributed by atoms with Crippen LogP contribution < -0.4 is 10.1 Å². The van der Waals surface area contributed by atoms with Crippen molar-refractivity contribution < 1.29 is 13.5 Å². The lowest BCUT2D eigenvalue weighted by atomic mass is 10.3. The van der Waals surface area contributed by atoms with Gasteiger partial charge in [0.25, 0.3) is 0 Å². The zero-order valence-electron chi connectivity index (χ0n) is 10.3. The van der Waals surface area contributed by atoms with Crippen LogP contribution in [0.4, 0.5) is 4.39 Å². The number of ether oxygens (including phenoxy) is 1. The van der Waals surface area contributed by atoms with Crippen LogP contribution in [0.15, 0.2) is 27.3 Å². The lowest BCUT2D eigenvalue weighted by molar-refractivity contribution is 0.328. The van der Waals surface area contributed by atoms with E-state index in [1.165, 1.54) is 31.2 Å². The molecule has 0 unspecified atom stereocenters. The monoisotopic (exact) mass is 360 g/mol. The molecule has 1 heterocycles. The SMILES string of the molecule is Fc1cc(Oc2nc(CNC3CC3)co2)c(Br)cc1Cl. The number of oxazole rings is 1. The van der Waals surface area contributed by atoms with Gasteiger partial charge in [0.15, 0.2) is 0 Å². The molecule has 3 rings (SSSR count). The Bertz CT molecular complexity index is 631. The van der Waals surface area contributed by atoms with Gasteiger partial charge >= 0.3 is 6.08 Å². The van der Waals surface area contributed by atoms with E-state index in [2.05, 4.69) is 26.2 Å². The first-order valence-corrected chi connectivity index (χ1v) is 7.29. The van der Waals surface area contributed by atoms with Crippen molar-refractivity contribution in [1.29, 1.82) is 0 Å². The third-order valence-corrected chi connectivity index (χ3v) is 3.76. The highest BCUT2D eigenvalue weighted by Crippen LogP contribution is 2.33. The van der Waals surface area contributed by atoms with E-state index in [1.54, 1.807) is 0 Å². The molecular formula is C13H11BrClFN2O2. The van der Waals surface area contributed by atoms with Crippen LogP contribution in [-0.4, -0.2) is 11.0 Å². The van der Waals surface area contributed by atoms with Gasteiger partial charge in [-0.1, -0.05) is 11.6 Å². The lowest BCUT2D eigenvalue weighted by Gasteiger charge is -2.04. The van der Waals surface area contributed by atoms with Gasteiger partial charge in [0.05, 0.1) is 15.2 Å². The van der Waals surface area contributed by atoms with Gasteiger partial charge in [-0.25, -0.2) is 4.39 Å². The van der Waals surface area contributed by atoms with Gasteiger partial charge in [-0.15, -0.1) is 0 Å². The second-order valence-corrected chi connectivity index (χ2v) is 5.82. The predicted octanol–water partition coefficient (Wildman–Crippen LogP) is 4.27. The first-order valence-electron chi connectivity index (χ1n) is 6.12. The van der Waals surface area contributed by atoms with Crippen molar-refractivity contribution >= 4 is 27.5 Å². The zero-order valence-corrected chi connectivity index (χ0v) is 12.7. The molecule has 1 N–H and O–H groups in total. The fraction of sp³-hybridized carbons (Fsp3) is 0.308. The van der Waals surface area contributed by atoms with Gasteiger partial charge in [0, 0.05) is 18.7 Å². The Morgan fingerprint density at radius 3 is 3.05 bits per heavy atom. The van der Waals surface area contributed by atoms with E-state index >= 15 is 0 Å². The largest absolute Gasteiger partial charge is 0.417 e. The first-order chi connectivity index (χ1) is 9.61. The molecule has 1 aromatic heterocycles. The van der Waals surface area contributed by atoms with E-state index in [0.717, 1.165) is 5.69 Å². The molecule has 0 spiro atoms. The van der Waals surface area contributed by atoms with Gasteiger partial charge in [-0.2, -0.15) is 4.98 Å². The van der Waals surface area contributed by atoms with Crippen molar-refractivity contribution in [2.24, 2.45) is 0 Å². The smallest absolute Gasteiger partial charge is 0.399 e. The van der Waals surface area contributed by atoms with Crippen LogP contribution in [0.1, 0.15) is 18.5 Å². The van der Waals surface area contributed by atoms with E-state index in [-0.39, 0.29) is 16.8 Å². The number of rotatable bonds is 5. The summed E-state index contributed by atoms with van der Waals surface area (Å²) >= 11 is 8.91. The standard InChI is InChI=1S/C13H11BrClFN2O2/c14-9-3-10(15)11(16)4-12(9)20-13-18-8(6-19-13)5-17-7-1-2-7/h3-4,6-7,17H,1-2,5H2. The molecule has 0 aliphatic heterocycles. The summed E-state index contributed by atoms with van der Waals surface area (Å²) in [6, 6.07) is 3.19. The Balaban J connectivity index is 1.69. The van der Waals surface area contributed by atoms with Crippen LogP contribution in [-0.2, 0) is 6.54 Å². The van der Waals surface area contributed by atoms with E-state index in [9.17, 15) is 4.39 Å². The summed E-state index contributed by atoms with van der Waals surface area (Å²) in [5.74, 6) is -0.303. The van der Waals surface area contributed by atoms with Crippen LogP contribution in [0.2, 0.25) is 5.02 Å². The van der Waals surface area contributed by atoms with Gasteiger partial charge < -0.3 is 14.5 Å². The number of hydrogen-bond acceptors (Lipinski definition) is 4. The van der Waals surface area contributed by atoms with Crippen LogP contribution in [0.25, 0.3) is 0 Å². The quantitative estimate of drug-likeness (QED) is 0.808. The summed E-state index contributed by atoms with van der Waals surface area (Å²) in [6.45, 7) is 0.633. The third-order valence-electron chi connectivity index (χ3n) is 2.85. The fourth-order valence-corrected chi connectivity index (χ4v) is 2.35. The molecule has 106 valence electrons. The zero-order chi connectivity index (χ0) is 14.1. The highest BCUT2D eigenvalue weighted by atomic mass is 79.9. The molecule has 0 atom stereocenters. The molecule has 0 amide bonds. The fourth-order valence-electron chi connectivity index (χ4n) is 1.63. The van der Waals surface area contributed by atoms with Crippen molar-refractivity contribution in [3.05, 3.63) is 39.4 Å². The Morgan fingerprint density at radius 1 is 1.50 bits per heavy atom. The maximum Gasteiger partial charge on any atom is 0.399 e. The average molecular weight is 362 g/mol. The highest BCUT2D eigenvalue weighted by Gasteiger charge is 2.21. The van der Waals surface area contributed by atoms with Crippen LogP contribution in [0.3, 0.4) is 0 Å². The Morgan fingerprint density at radius 2 is 2.30 bits per heavy atom. The minimum atomic E-state index is -0.563. The van der Waals surface area contributed by atoms with Gasteiger partial charge in [0.1, 0.15) is 17.8 Å². The summed E-state index contributed by atoms with van der Waals surface area (Å²) in [5, 5.41) is 3.33. The van der Waals surface area contributed by atoms with Crippen LogP contribution >= 0.6 is 27.5 Å². The molecule has 1 aliphatic rings. The number of benzene rings is 1. The van der Waals surface area contributed by atoms with Crippen LogP contribution in [0, 0.1) is 5.82 Å². The summed E-state index contributed by atoms with van der Waals surface area (Å²) in [4.78, 5) is 4.17. The molecule has 4 nitrogen and oxygen atoms in total. The van der Waals surface area contributed by atoms with Gasteiger partial charge in [-0.3, -0.25) is 0 Å². The Hall–Kier alpha value is -1.11. The topological polar surface area (TPSA) is 47.3 Å². The van der Waals surface area contributed by atoms with Crippen molar-refractivity contribution in [2.75, 3.05) is 0 Å². The molecule has 2 aromatic rings. The molecular weight excluding hydrogens is 351 g/mol. The number of nitrogens with one attached hydrogen (secondary N) is 1. The van der Waals surface area contributed by atoms with E-state index in [4.69, 9.17) is 20.8 Å². The summed E-state index contributed by atoms with van der Waals surface area (Å²) in [7, 11) is 0. The van der Waals surface area contributed by atoms with Crippen LogP contribution in [0.5, 0.6) is 11.8 Å². The predicted molar refractivity (Wildman–Crippen MR) is 75.5 cm³/mol. The third kappa shape index (κ3) is 3.31. The summed E-state index contributed by atoms with van der Waals surface area (Å²) < 4.78 is 24.5. The minimum absolute atomic E-state index is 0.0194. The molecule has 1 fully saturated rings. The second-order valence-electron chi connectivity index (χ2n) is 4.56.